The van der Waals surface area contributed by atoms with E-state index >= 15 is 0 Å². The molecule has 0 aromatic carbocycles. The molecule has 0 aromatic rings. The van der Waals surface area contributed by atoms with E-state index in [0.717, 1.165) is 0 Å². The van der Waals surface area contributed by atoms with Gasteiger partial charge in [-0.25, -0.2) is 0 Å². The van der Waals surface area contributed by atoms with E-state index in [1.807, 2.05) is 0 Å². The number of carbonyl (C=O) groups excluding carboxylic acids is 1. The number of carboxylic acid groups (broad SMARTS) is 1. The zero-order chi connectivity index (χ0) is 10.7. The van der Waals surface area contributed by atoms with Crippen LogP contribution in [0.1, 0.15) is 12.8 Å². The molecular weight excluding hydrogens is 188 g/mol. The van der Waals surface area contributed by atoms with Crippen molar-refractivity contribution in [3.63, 3.8) is 0 Å². The fraction of sp³-hybridized carbons (Fsp3) is 0.778. The van der Waals surface area contributed by atoms with Gasteiger partial charge in [0.15, 0.2) is 0 Å². The Bertz CT molecular complexity index is 237. The monoisotopic (exact) mass is 202 g/mol. The van der Waals surface area contributed by atoms with Crippen LogP contribution in [-0.4, -0.2) is 37.4 Å². The van der Waals surface area contributed by atoms with Crippen LogP contribution in [-0.2, 0) is 19.1 Å². The third kappa shape index (κ3) is 2.04. The molecule has 0 unspecified atom stereocenters. The van der Waals surface area contributed by atoms with Crippen molar-refractivity contribution in [2.45, 2.75) is 18.9 Å². The Morgan fingerprint density at radius 3 is 2.21 bits per heavy atom. The number of aliphatic carboxylic acids is 1. The largest absolute Gasteiger partial charge is 0.481 e. The van der Waals surface area contributed by atoms with Crippen LogP contribution in [0.5, 0.6) is 0 Å². The Hall–Kier alpha value is -1.10. The van der Waals surface area contributed by atoms with Crippen LogP contribution in [0.25, 0.3) is 0 Å². The molecule has 0 heterocycles. The van der Waals surface area contributed by atoms with E-state index in [2.05, 4.69) is 4.74 Å². The zero-order valence-electron chi connectivity index (χ0n) is 8.23. The minimum atomic E-state index is -0.958. The van der Waals surface area contributed by atoms with Gasteiger partial charge in [0.1, 0.15) is 0 Å². The maximum absolute atomic E-state index is 11.2. The average Bonchev–Trinajstić information content (AvgIpc) is 2.60. The van der Waals surface area contributed by atoms with Crippen molar-refractivity contribution in [2.24, 2.45) is 11.8 Å². The predicted molar refractivity (Wildman–Crippen MR) is 46.7 cm³/mol. The van der Waals surface area contributed by atoms with E-state index in [0.29, 0.717) is 12.8 Å². The standard InChI is InChI=1S/C9H14O5/c1-13-5-3-6(8(10)11)7(4-5)9(12)14-2/h5-7H,3-4H2,1-2H3,(H,10,11)/t5-,6-,7+/m0/s1. The SMILES string of the molecule is COC(=O)[C@@H]1C[C@@H](OC)C[C@@H]1C(=O)O. The van der Waals surface area contributed by atoms with Crippen LogP contribution in [0.15, 0.2) is 0 Å². The molecule has 1 N–H and O–H groups in total. The third-order valence-electron chi connectivity index (χ3n) is 2.67. The van der Waals surface area contributed by atoms with Crippen LogP contribution >= 0.6 is 0 Å². The zero-order valence-corrected chi connectivity index (χ0v) is 8.23. The normalized spacial score (nSPS) is 31.4. The van der Waals surface area contributed by atoms with Crippen LogP contribution in [0.2, 0.25) is 0 Å². The second-order valence-corrected chi connectivity index (χ2v) is 3.40. The summed E-state index contributed by atoms with van der Waals surface area (Å²) in [7, 11) is 2.78. The lowest BCUT2D eigenvalue weighted by Crippen LogP contribution is -2.26. The summed E-state index contributed by atoms with van der Waals surface area (Å²) in [4.78, 5) is 22.1. The lowest BCUT2D eigenvalue weighted by atomic mass is 9.97. The van der Waals surface area contributed by atoms with Crippen molar-refractivity contribution in [3.05, 3.63) is 0 Å². The van der Waals surface area contributed by atoms with Crippen LogP contribution in [0, 0.1) is 11.8 Å². The van der Waals surface area contributed by atoms with Gasteiger partial charge in [-0.2, -0.15) is 0 Å². The molecule has 0 radical (unpaired) electrons. The summed E-state index contributed by atoms with van der Waals surface area (Å²) in [5, 5.41) is 8.88. The molecule has 5 heteroatoms. The molecule has 0 saturated heterocycles. The molecule has 0 aliphatic heterocycles. The molecule has 0 aromatic heterocycles. The van der Waals surface area contributed by atoms with Crippen molar-refractivity contribution in [2.75, 3.05) is 14.2 Å². The average molecular weight is 202 g/mol. The lowest BCUT2D eigenvalue weighted by Gasteiger charge is -2.11. The first-order valence-corrected chi connectivity index (χ1v) is 4.43. The molecule has 14 heavy (non-hydrogen) atoms. The summed E-state index contributed by atoms with van der Waals surface area (Å²) in [6.45, 7) is 0. The summed E-state index contributed by atoms with van der Waals surface area (Å²) in [5.74, 6) is -2.66. The maximum Gasteiger partial charge on any atom is 0.309 e. The number of rotatable bonds is 3. The number of methoxy groups -OCH3 is 2. The first-order chi connectivity index (χ1) is 6.60. The molecule has 0 amide bonds. The molecule has 1 fully saturated rings. The quantitative estimate of drug-likeness (QED) is 0.666. The van der Waals surface area contributed by atoms with Crippen molar-refractivity contribution in [3.8, 4) is 0 Å². The van der Waals surface area contributed by atoms with E-state index in [1.165, 1.54) is 14.2 Å². The summed E-state index contributed by atoms with van der Waals surface area (Å²) in [6, 6.07) is 0. The van der Waals surface area contributed by atoms with Gasteiger partial charge in [0.05, 0.1) is 25.0 Å². The van der Waals surface area contributed by atoms with E-state index in [1.54, 1.807) is 0 Å². The topological polar surface area (TPSA) is 72.8 Å². The second-order valence-electron chi connectivity index (χ2n) is 3.40. The van der Waals surface area contributed by atoms with Crippen molar-refractivity contribution in [1.29, 1.82) is 0 Å². The van der Waals surface area contributed by atoms with Gasteiger partial charge in [-0.1, -0.05) is 0 Å². The number of hydrogen-bond acceptors (Lipinski definition) is 4. The third-order valence-corrected chi connectivity index (χ3v) is 2.67. The Labute approximate surface area is 82.0 Å². The van der Waals surface area contributed by atoms with Crippen LogP contribution < -0.4 is 0 Å². The van der Waals surface area contributed by atoms with E-state index in [4.69, 9.17) is 9.84 Å². The Kier molecular flexibility index (Phi) is 3.46. The molecule has 1 aliphatic carbocycles. The molecule has 80 valence electrons. The van der Waals surface area contributed by atoms with Gasteiger partial charge in [-0.15, -0.1) is 0 Å². The molecule has 1 rings (SSSR count). The Balaban J connectivity index is 2.71. The van der Waals surface area contributed by atoms with E-state index in [9.17, 15) is 9.59 Å². The minimum absolute atomic E-state index is 0.153. The van der Waals surface area contributed by atoms with Gasteiger partial charge in [-0.3, -0.25) is 9.59 Å². The highest BCUT2D eigenvalue weighted by Gasteiger charge is 2.43. The highest BCUT2D eigenvalue weighted by molar-refractivity contribution is 5.81. The maximum atomic E-state index is 11.2. The first-order valence-electron chi connectivity index (χ1n) is 4.43. The van der Waals surface area contributed by atoms with Crippen molar-refractivity contribution < 1.29 is 24.2 Å². The van der Waals surface area contributed by atoms with Gasteiger partial charge < -0.3 is 14.6 Å². The van der Waals surface area contributed by atoms with Gasteiger partial charge in [0.2, 0.25) is 0 Å². The van der Waals surface area contributed by atoms with E-state index in [-0.39, 0.29) is 6.10 Å². The van der Waals surface area contributed by atoms with Crippen LogP contribution in [0.4, 0.5) is 0 Å². The highest BCUT2D eigenvalue weighted by atomic mass is 16.5. The van der Waals surface area contributed by atoms with Gasteiger partial charge >= 0.3 is 11.9 Å². The summed E-state index contributed by atoms with van der Waals surface area (Å²) < 4.78 is 9.59. The predicted octanol–water partition coefficient (Wildman–Crippen LogP) is 0.285. The Morgan fingerprint density at radius 2 is 1.79 bits per heavy atom. The highest BCUT2D eigenvalue weighted by Crippen LogP contribution is 2.34. The molecule has 3 atom stereocenters. The lowest BCUT2D eigenvalue weighted by molar-refractivity contribution is -0.154. The fourth-order valence-corrected chi connectivity index (χ4v) is 1.87. The summed E-state index contributed by atoms with van der Waals surface area (Å²) in [5.41, 5.74) is 0. The number of carbonyl (C=O) groups is 2. The fourth-order valence-electron chi connectivity index (χ4n) is 1.87. The molecule has 0 bridgehead atoms. The molecule has 1 saturated carbocycles. The molecular formula is C9H14O5. The number of ether oxygens (including phenoxy) is 2. The molecule has 0 spiro atoms. The number of esters is 1. The van der Waals surface area contributed by atoms with Gasteiger partial charge in [0.25, 0.3) is 0 Å². The smallest absolute Gasteiger partial charge is 0.309 e. The van der Waals surface area contributed by atoms with Crippen molar-refractivity contribution in [1.82, 2.24) is 0 Å². The summed E-state index contributed by atoms with van der Waals surface area (Å²) >= 11 is 0. The molecule has 1 aliphatic rings. The summed E-state index contributed by atoms with van der Waals surface area (Å²) in [6.07, 6.45) is 0.659. The second kappa shape index (κ2) is 4.41. The molecule has 5 nitrogen and oxygen atoms in total. The number of hydrogen-bond donors (Lipinski definition) is 1. The van der Waals surface area contributed by atoms with Crippen LogP contribution in [0.3, 0.4) is 0 Å². The van der Waals surface area contributed by atoms with Gasteiger partial charge in [-0.05, 0) is 12.8 Å². The Morgan fingerprint density at radius 1 is 1.21 bits per heavy atom. The first kappa shape index (κ1) is 11.0. The van der Waals surface area contributed by atoms with Gasteiger partial charge in [0, 0.05) is 7.11 Å². The van der Waals surface area contributed by atoms with E-state index < -0.39 is 23.8 Å². The number of carboxylic acids is 1. The van der Waals surface area contributed by atoms with Crippen molar-refractivity contribution >= 4 is 11.9 Å². The minimum Gasteiger partial charge on any atom is -0.481 e.